The molecule has 0 amide bonds. The number of hydrogen-bond acceptors (Lipinski definition) is 3. The topological polar surface area (TPSA) is 75.4 Å². The van der Waals surface area contributed by atoms with Gasteiger partial charge in [-0.15, -0.1) is 0 Å². The maximum atomic E-state index is 10.7. The molecule has 0 aliphatic carbocycles. The van der Waals surface area contributed by atoms with E-state index in [2.05, 4.69) is 5.32 Å². The summed E-state index contributed by atoms with van der Waals surface area (Å²) >= 11 is 0. The number of rotatable bonds is 1. The van der Waals surface area contributed by atoms with E-state index in [1.54, 1.807) is 6.07 Å². The minimum absolute atomic E-state index is 0.467. The number of nitrogens with one attached hydrogen (secondary N) is 1. The molecular formula is C10H12N2O2. The van der Waals surface area contributed by atoms with Crippen LogP contribution in [-0.4, -0.2) is 17.1 Å². The predicted octanol–water partition coefficient (Wildman–Crippen LogP) is 1.08. The maximum absolute atomic E-state index is 10.7. The van der Waals surface area contributed by atoms with Crippen molar-refractivity contribution in [1.29, 1.82) is 0 Å². The van der Waals surface area contributed by atoms with Crippen LogP contribution >= 0.6 is 0 Å². The van der Waals surface area contributed by atoms with E-state index in [0.717, 1.165) is 23.4 Å². The van der Waals surface area contributed by atoms with Gasteiger partial charge in [-0.25, -0.2) is 4.79 Å². The van der Waals surface area contributed by atoms with Gasteiger partial charge < -0.3 is 16.2 Å². The van der Waals surface area contributed by atoms with E-state index in [1.165, 1.54) is 0 Å². The summed E-state index contributed by atoms with van der Waals surface area (Å²) in [4.78, 5) is 10.7. The fourth-order valence-corrected chi connectivity index (χ4v) is 1.71. The van der Waals surface area contributed by atoms with Gasteiger partial charge in [0.2, 0.25) is 0 Å². The van der Waals surface area contributed by atoms with Crippen LogP contribution in [0.2, 0.25) is 0 Å². The largest absolute Gasteiger partial charge is 0.480 e. The lowest BCUT2D eigenvalue weighted by Gasteiger charge is -2.24. The first kappa shape index (κ1) is 8.87. The molecule has 2 rings (SSSR count). The lowest BCUT2D eigenvalue weighted by molar-refractivity contribution is -0.138. The number of hydrogen-bond donors (Lipinski definition) is 3. The molecular weight excluding hydrogens is 180 g/mol. The maximum Gasteiger partial charge on any atom is 0.326 e. The summed E-state index contributed by atoms with van der Waals surface area (Å²) in [6.45, 7) is 0. The molecule has 0 fully saturated rings. The highest BCUT2D eigenvalue weighted by atomic mass is 16.4. The Bertz CT molecular complexity index is 376. The third kappa shape index (κ3) is 1.51. The number of nitrogen functional groups attached to an aromatic ring is 1. The molecule has 0 aromatic heterocycles. The van der Waals surface area contributed by atoms with Crippen molar-refractivity contribution >= 4 is 17.3 Å². The molecule has 74 valence electrons. The van der Waals surface area contributed by atoms with Crippen LogP contribution in [0.15, 0.2) is 18.2 Å². The predicted molar refractivity (Wildman–Crippen MR) is 54.2 cm³/mol. The van der Waals surface area contributed by atoms with E-state index in [0.29, 0.717) is 6.42 Å². The average molecular weight is 192 g/mol. The molecule has 0 spiro atoms. The molecule has 0 saturated heterocycles. The lowest BCUT2D eigenvalue weighted by atomic mass is 9.98. The average Bonchev–Trinajstić information content (AvgIpc) is 2.16. The number of nitrogens with two attached hydrogens (primary N) is 1. The van der Waals surface area contributed by atoms with Crippen molar-refractivity contribution in [2.24, 2.45) is 0 Å². The first-order valence-electron chi connectivity index (χ1n) is 4.54. The zero-order valence-electron chi connectivity index (χ0n) is 7.66. The number of carboxylic acid groups (broad SMARTS) is 1. The third-order valence-corrected chi connectivity index (χ3v) is 2.46. The second kappa shape index (κ2) is 3.21. The van der Waals surface area contributed by atoms with Gasteiger partial charge >= 0.3 is 5.97 Å². The Balaban J connectivity index is 2.27. The van der Waals surface area contributed by atoms with Crippen molar-refractivity contribution in [1.82, 2.24) is 0 Å². The third-order valence-electron chi connectivity index (χ3n) is 2.46. The fraction of sp³-hybridized carbons (Fsp3) is 0.300. The van der Waals surface area contributed by atoms with E-state index in [1.807, 2.05) is 12.1 Å². The summed E-state index contributed by atoms with van der Waals surface area (Å²) in [7, 11) is 0. The molecule has 14 heavy (non-hydrogen) atoms. The van der Waals surface area contributed by atoms with Crippen molar-refractivity contribution in [3.8, 4) is 0 Å². The molecule has 0 bridgehead atoms. The van der Waals surface area contributed by atoms with E-state index in [-0.39, 0.29) is 0 Å². The molecule has 1 heterocycles. The zero-order valence-corrected chi connectivity index (χ0v) is 7.66. The Morgan fingerprint density at radius 1 is 1.57 bits per heavy atom. The summed E-state index contributed by atoms with van der Waals surface area (Å²) < 4.78 is 0. The summed E-state index contributed by atoms with van der Waals surface area (Å²) in [6, 6.07) is 5.03. The molecule has 1 atom stereocenters. The SMILES string of the molecule is Nc1ccc2c(c1)CC[C@H](C(=O)O)N2. The number of benzene rings is 1. The van der Waals surface area contributed by atoms with Crippen molar-refractivity contribution in [2.45, 2.75) is 18.9 Å². The quantitative estimate of drug-likeness (QED) is 0.582. The first-order valence-corrected chi connectivity index (χ1v) is 4.54. The van der Waals surface area contributed by atoms with Crippen LogP contribution in [0.1, 0.15) is 12.0 Å². The Hall–Kier alpha value is -1.71. The summed E-state index contributed by atoms with van der Waals surface area (Å²) in [6.07, 6.45) is 1.39. The minimum Gasteiger partial charge on any atom is -0.480 e. The molecule has 1 aliphatic heterocycles. The van der Waals surface area contributed by atoms with Gasteiger partial charge in [0.05, 0.1) is 0 Å². The van der Waals surface area contributed by atoms with Gasteiger partial charge in [0.1, 0.15) is 6.04 Å². The van der Waals surface area contributed by atoms with Gasteiger partial charge in [-0.3, -0.25) is 0 Å². The van der Waals surface area contributed by atoms with Crippen LogP contribution < -0.4 is 11.1 Å². The molecule has 4 nitrogen and oxygen atoms in total. The number of fused-ring (bicyclic) bond motifs is 1. The van der Waals surface area contributed by atoms with Gasteiger partial charge in [0.25, 0.3) is 0 Å². The Kier molecular flexibility index (Phi) is 2.04. The smallest absolute Gasteiger partial charge is 0.326 e. The van der Waals surface area contributed by atoms with Gasteiger partial charge in [-0.05, 0) is 36.6 Å². The van der Waals surface area contributed by atoms with Crippen molar-refractivity contribution < 1.29 is 9.90 Å². The van der Waals surface area contributed by atoms with Crippen LogP contribution in [0, 0.1) is 0 Å². The van der Waals surface area contributed by atoms with Gasteiger partial charge in [0, 0.05) is 11.4 Å². The molecule has 1 aromatic carbocycles. The second-order valence-electron chi connectivity index (χ2n) is 3.49. The zero-order chi connectivity index (χ0) is 10.1. The summed E-state index contributed by atoms with van der Waals surface area (Å²) in [5.74, 6) is -0.799. The van der Waals surface area contributed by atoms with E-state index >= 15 is 0 Å². The van der Waals surface area contributed by atoms with Gasteiger partial charge in [-0.2, -0.15) is 0 Å². The molecule has 0 unspecified atom stereocenters. The standard InChI is InChI=1S/C10H12N2O2/c11-7-2-4-8-6(5-7)1-3-9(12-8)10(13)14/h2,4-5,9,12H,1,3,11H2,(H,13,14)/t9-/m1/s1. The summed E-state index contributed by atoms with van der Waals surface area (Å²) in [5.41, 5.74) is 8.34. The van der Waals surface area contributed by atoms with E-state index in [4.69, 9.17) is 10.8 Å². The monoisotopic (exact) mass is 192 g/mol. The molecule has 0 radical (unpaired) electrons. The van der Waals surface area contributed by atoms with Gasteiger partial charge in [-0.1, -0.05) is 0 Å². The van der Waals surface area contributed by atoms with Crippen molar-refractivity contribution in [2.75, 3.05) is 11.1 Å². The number of aliphatic carboxylic acids is 1. The van der Waals surface area contributed by atoms with Gasteiger partial charge in [0.15, 0.2) is 0 Å². The Labute approximate surface area is 81.7 Å². The first-order chi connectivity index (χ1) is 6.66. The van der Waals surface area contributed by atoms with Crippen LogP contribution in [-0.2, 0) is 11.2 Å². The second-order valence-corrected chi connectivity index (χ2v) is 3.49. The summed E-state index contributed by atoms with van der Waals surface area (Å²) in [5, 5.41) is 11.8. The molecule has 4 heteroatoms. The van der Waals surface area contributed by atoms with Crippen LogP contribution in [0.5, 0.6) is 0 Å². The highest BCUT2D eigenvalue weighted by Crippen LogP contribution is 2.26. The van der Waals surface area contributed by atoms with Crippen LogP contribution in [0.4, 0.5) is 11.4 Å². The minimum atomic E-state index is -0.799. The molecule has 1 aromatic rings. The highest BCUT2D eigenvalue weighted by molar-refractivity contribution is 5.79. The van der Waals surface area contributed by atoms with E-state index < -0.39 is 12.0 Å². The van der Waals surface area contributed by atoms with Crippen molar-refractivity contribution in [3.63, 3.8) is 0 Å². The molecule has 4 N–H and O–H groups in total. The van der Waals surface area contributed by atoms with Crippen LogP contribution in [0.3, 0.4) is 0 Å². The number of carboxylic acids is 1. The van der Waals surface area contributed by atoms with Crippen molar-refractivity contribution in [3.05, 3.63) is 23.8 Å². The Morgan fingerprint density at radius 3 is 3.07 bits per heavy atom. The number of anilines is 2. The normalized spacial score (nSPS) is 19.6. The fourth-order valence-electron chi connectivity index (χ4n) is 1.71. The molecule has 1 aliphatic rings. The Morgan fingerprint density at radius 2 is 2.36 bits per heavy atom. The number of carbonyl (C=O) groups is 1. The molecule has 0 saturated carbocycles. The highest BCUT2D eigenvalue weighted by Gasteiger charge is 2.22. The van der Waals surface area contributed by atoms with E-state index in [9.17, 15) is 4.79 Å². The number of aryl methyl sites for hydroxylation is 1. The van der Waals surface area contributed by atoms with Crippen LogP contribution in [0.25, 0.3) is 0 Å². The lowest BCUT2D eigenvalue weighted by Crippen LogP contribution is -2.33.